The van der Waals surface area contributed by atoms with Gasteiger partial charge in [-0.15, -0.1) is 11.3 Å². The number of thiophene rings is 1. The fourth-order valence-electron chi connectivity index (χ4n) is 2.11. The van der Waals surface area contributed by atoms with Gasteiger partial charge in [0.15, 0.2) is 0 Å². The number of halogens is 1. The molecule has 0 saturated heterocycles. The molecule has 0 amide bonds. The molecule has 3 rings (SSSR count). The van der Waals surface area contributed by atoms with Crippen LogP contribution in [0.4, 0.5) is 4.39 Å². The Bertz CT molecular complexity index is 673. The van der Waals surface area contributed by atoms with Crippen LogP contribution in [0.2, 0.25) is 0 Å². The van der Waals surface area contributed by atoms with Crippen LogP contribution < -0.4 is 5.73 Å². The molecule has 5 heteroatoms. The van der Waals surface area contributed by atoms with E-state index in [1.807, 2.05) is 28.3 Å². The van der Waals surface area contributed by atoms with E-state index in [-0.39, 0.29) is 11.9 Å². The molecule has 0 spiro atoms. The van der Waals surface area contributed by atoms with E-state index in [0.29, 0.717) is 6.54 Å². The summed E-state index contributed by atoms with van der Waals surface area (Å²) in [4.78, 5) is 5.49. The molecule has 20 heavy (non-hydrogen) atoms. The number of hydrogen-bond acceptors (Lipinski definition) is 3. The summed E-state index contributed by atoms with van der Waals surface area (Å²) in [7, 11) is 0. The Morgan fingerprint density at radius 3 is 2.75 bits per heavy atom. The topological polar surface area (TPSA) is 43.8 Å². The Morgan fingerprint density at radius 2 is 2.05 bits per heavy atom. The monoisotopic (exact) mass is 287 g/mol. The third-order valence-corrected chi connectivity index (χ3v) is 4.01. The van der Waals surface area contributed by atoms with Crippen LogP contribution in [0.5, 0.6) is 0 Å². The lowest BCUT2D eigenvalue weighted by Gasteiger charge is -2.14. The highest BCUT2D eigenvalue weighted by Crippen LogP contribution is 2.24. The Labute approximate surface area is 120 Å². The van der Waals surface area contributed by atoms with Gasteiger partial charge >= 0.3 is 0 Å². The molecule has 0 aliphatic carbocycles. The molecular formula is C15H14FN3S. The highest BCUT2D eigenvalue weighted by molar-refractivity contribution is 7.13. The smallest absolute Gasteiger partial charge is 0.150 e. The lowest BCUT2D eigenvalue weighted by molar-refractivity contribution is 0.577. The summed E-state index contributed by atoms with van der Waals surface area (Å²) in [5.41, 5.74) is 7.11. The summed E-state index contributed by atoms with van der Waals surface area (Å²) < 4.78 is 15.0. The zero-order chi connectivity index (χ0) is 13.9. The zero-order valence-corrected chi connectivity index (χ0v) is 11.6. The van der Waals surface area contributed by atoms with Crippen LogP contribution in [0, 0.1) is 5.82 Å². The van der Waals surface area contributed by atoms with Gasteiger partial charge in [-0.3, -0.25) is 0 Å². The van der Waals surface area contributed by atoms with Gasteiger partial charge in [-0.2, -0.15) is 0 Å². The molecule has 1 aromatic carbocycles. The fourth-order valence-corrected chi connectivity index (χ4v) is 2.85. The van der Waals surface area contributed by atoms with E-state index in [1.54, 1.807) is 29.7 Å². The quantitative estimate of drug-likeness (QED) is 0.798. The highest BCUT2D eigenvalue weighted by atomic mass is 32.1. The average Bonchev–Trinajstić information content (AvgIpc) is 3.09. The molecule has 1 atom stereocenters. The first-order valence-electron chi connectivity index (χ1n) is 6.30. The number of hydrogen-bond donors (Lipinski definition) is 1. The van der Waals surface area contributed by atoms with Gasteiger partial charge in [-0.25, -0.2) is 9.37 Å². The van der Waals surface area contributed by atoms with Crippen molar-refractivity contribution < 1.29 is 4.39 Å². The van der Waals surface area contributed by atoms with Gasteiger partial charge in [0.1, 0.15) is 11.6 Å². The molecule has 2 N–H and O–H groups in total. The molecular weight excluding hydrogens is 273 g/mol. The van der Waals surface area contributed by atoms with Crippen LogP contribution in [0.15, 0.2) is 54.2 Å². The molecule has 2 aromatic heterocycles. The normalized spacial score (nSPS) is 12.5. The van der Waals surface area contributed by atoms with Gasteiger partial charge in [-0.05, 0) is 29.1 Å². The lowest BCUT2D eigenvalue weighted by Crippen LogP contribution is -2.17. The van der Waals surface area contributed by atoms with Crippen LogP contribution in [0.25, 0.3) is 10.7 Å². The van der Waals surface area contributed by atoms with Crippen molar-refractivity contribution in [1.82, 2.24) is 9.55 Å². The summed E-state index contributed by atoms with van der Waals surface area (Å²) in [5.74, 6) is 0.667. The number of nitrogens with zero attached hydrogens (tertiary/aromatic N) is 2. The van der Waals surface area contributed by atoms with Crippen molar-refractivity contribution in [3.05, 3.63) is 65.6 Å². The first kappa shape index (κ1) is 13.0. The predicted molar refractivity (Wildman–Crippen MR) is 78.9 cm³/mol. The number of benzene rings is 1. The van der Waals surface area contributed by atoms with Crippen LogP contribution in [0.3, 0.4) is 0 Å². The Morgan fingerprint density at radius 1 is 1.25 bits per heavy atom. The summed E-state index contributed by atoms with van der Waals surface area (Å²) in [6.45, 7) is 0.610. The van der Waals surface area contributed by atoms with E-state index in [4.69, 9.17) is 5.73 Å². The zero-order valence-electron chi connectivity index (χ0n) is 10.7. The number of rotatable bonds is 4. The summed E-state index contributed by atoms with van der Waals surface area (Å²) >= 11 is 1.65. The van der Waals surface area contributed by atoms with E-state index in [1.165, 1.54) is 12.1 Å². The lowest BCUT2D eigenvalue weighted by atomic mass is 10.1. The maximum atomic E-state index is 12.9. The maximum absolute atomic E-state index is 12.9. The number of imidazole rings is 1. The largest absolute Gasteiger partial charge is 0.328 e. The molecule has 1 unspecified atom stereocenters. The van der Waals surface area contributed by atoms with Crippen molar-refractivity contribution in [2.45, 2.75) is 12.6 Å². The van der Waals surface area contributed by atoms with Crippen LogP contribution >= 0.6 is 11.3 Å². The third kappa shape index (κ3) is 2.64. The first-order valence-corrected chi connectivity index (χ1v) is 7.18. The molecule has 0 aliphatic rings. The van der Waals surface area contributed by atoms with Gasteiger partial charge < -0.3 is 10.3 Å². The number of aromatic nitrogens is 2. The molecule has 2 heterocycles. The molecule has 0 aliphatic heterocycles. The Hall–Kier alpha value is -1.98. The number of nitrogens with two attached hydrogens (primary N) is 1. The second-order valence-corrected chi connectivity index (χ2v) is 5.49. The fraction of sp³-hybridized carbons (Fsp3) is 0.133. The van der Waals surface area contributed by atoms with E-state index in [0.717, 1.165) is 16.3 Å². The summed E-state index contributed by atoms with van der Waals surface area (Å²) in [6.07, 6.45) is 3.69. The minimum atomic E-state index is -0.247. The molecule has 0 radical (unpaired) electrons. The van der Waals surface area contributed by atoms with Crippen molar-refractivity contribution in [2.24, 2.45) is 5.73 Å². The van der Waals surface area contributed by atoms with E-state index < -0.39 is 0 Å². The Balaban J connectivity index is 1.81. The van der Waals surface area contributed by atoms with E-state index in [9.17, 15) is 4.39 Å². The SMILES string of the molecule is NC(Cn1ccnc1-c1cccs1)c1ccc(F)cc1. The van der Waals surface area contributed by atoms with E-state index >= 15 is 0 Å². The first-order chi connectivity index (χ1) is 9.74. The predicted octanol–water partition coefficient (Wildman–Crippen LogP) is 3.45. The van der Waals surface area contributed by atoms with Crippen molar-refractivity contribution >= 4 is 11.3 Å². The summed E-state index contributed by atoms with van der Waals surface area (Å²) in [5, 5.41) is 2.02. The molecule has 0 saturated carbocycles. The molecule has 0 bridgehead atoms. The van der Waals surface area contributed by atoms with Crippen molar-refractivity contribution in [3.63, 3.8) is 0 Å². The van der Waals surface area contributed by atoms with Gasteiger partial charge in [0, 0.05) is 25.0 Å². The van der Waals surface area contributed by atoms with Crippen molar-refractivity contribution in [3.8, 4) is 10.7 Å². The van der Waals surface area contributed by atoms with Gasteiger partial charge in [0.2, 0.25) is 0 Å². The van der Waals surface area contributed by atoms with Crippen molar-refractivity contribution in [1.29, 1.82) is 0 Å². The highest BCUT2D eigenvalue weighted by Gasteiger charge is 2.11. The van der Waals surface area contributed by atoms with Crippen LogP contribution in [0.1, 0.15) is 11.6 Å². The molecule has 3 nitrogen and oxygen atoms in total. The minimum Gasteiger partial charge on any atom is -0.328 e. The second kappa shape index (κ2) is 5.56. The van der Waals surface area contributed by atoms with Gasteiger partial charge in [0.25, 0.3) is 0 Å². The Kier molecular flexibility index (Phi) is 3.62. The van der Waals surface area contributed by atoms with Crippen LogP contribution in [-0.4, -0.2) is 9.55 Å². The van der Waals surface area contributed by atoms with Crippen LogP contribution in [-0.2, 0) is 6.54 Å². The molecule has 0 fully saturated rings. The third-order valence-electron chi connectivity index (χ3n) is 3.15. The standard InChI is InChI=1S/C15H14FN3S/c16-12-5-3-11(4-6-12)13(17)10-19-8-7-18-15(19)14-2-1-9-20-14/h1-9,13H,10,17H2. The second-order valence-electron chi connectivity index (χ2n) is 4.54. The van der Waals surface area contributed by atoms with Gasteiger partial charge in [-0.1, -0.05) is 18.2 Å². The average molecular weight is 287 g/mol. The minimum absolute atomic E-state index is 0.191. The van der Waals surface area contributed by atoms with Crippen molar-refractivity contribution in [2.75, 3.05) is 0 Å². The van der Waals surface area contributed by atoms with E-state index in [2.05, 4.69) is 4.98 Å². The molecule has 102 valence electrons. The van der Waals surface area contributed by atoms with Gasteiger partial charge in [0.05, 0.1) is 4.88 Å². The summed E-state index contributed by atoms with van der Waals surface area (Å²) in [6, 6.07) is 10.2. The molecule has 3 aromatic rings. The maximum Gasteiger partial charge on any atom is 0.150 e.